The van der Waals surface area contributed by atoms with Crippen LogP contribution in [-0.2, 0) is 0 Å². The lowest BCUT2D eigenvalue weighted by atomic mass is 10.1. The molecule has 3 heterocycles. The molecule has 1 fully saturated rings. The minimum absolute atomic E-state index is 0.268. The fraction of sp³-hybridized carbons (Fsp3) is 0.190. The molecule has 1 aliphatic rings. The number of piperazine rings is 1. The topological polar surface area (TPSA) is 96.2 Å². The zero-order valence-corrected chi connectivity index (χ0v) is 15.4. The number of aromatic nitrogens is 2. The van der Waals surface area contributed by atoms with Crippen LogP contribution in [0.2, 0.25) is 0 Å². The lowest BCUT2D eigenvalue weighted by Gasteiger charge is -2.30. The Balaban J connectivity index is 1.57. The summed E-state index contributed by atoms with van der Waals surface area (Å²) in [6, 6.07) is 14.8. The first-order valence-corrected chi connectivity index (χ1v) is 9.25. The van der Waals surface area contributed by atoms with Crippen molar-refractivity contribution in [3.05, 3.63) is 66.6 Å². The van der Waals surface area contributed by atoms with Crippen LogP contribution in [-0.4, -0.2) is 42.1 Å². The van der Waals surface area contributed by atoms with Crippen molar-refractivity contribution in [2.75, 3.05) is 42.1 Å². The van der Waals surface area contributed by atoms with Crippen LogP contribution in [0.25, 0.3) is 11.3 Å². The van der Waals surface area contributed by atoms with Crippen LogP contribution in [0.5, 0.6) is 0 Å². The number of nitrogens with two attached hydrogens (primary N) is 1. The van der Waals surface area contributed by atoms with E-state index in [4.69, 9.17) is 5.73 Å². The van der Waals surface area contributed by atoms with Crippen molar-refractivity contribution in [3.8, 4) is 11.3 Å². The van der Waals surface area contributed by atoms with E-state index in [1.165, 1.54) is 0 Å². The monoisotopic (exact) mass is 374 g/mol. The molecule has 4 N–H and O–H groups in total. The highest BCUT2D eigenvalue weighted by Crippen LogP contribution is 2.26. The Labute approximate surface area is 163 Å². The maximum absolute atomic E-state index is 12.8. The van der Waals surface area contributed by atoms with Crippen LogP contribution in [0.1, 0.15) is 10.5 Å². The number of nitrogens with one attached hydrogen (secondary N) is 2. The number of pyridine rings is 2. The molecule has 0 saturated carbocycles. The third kappa shape index (κ3) is 3.94. The molecular formula is C21H22N6O. The van der Waals surface area contributed by atoms with Crippen LogP contribution >= 0.6 is 0 Å². The predicted octanol–water partition coefficient (Wildman–Crippen LogP) is 2.39. The van der Waals surface area contributed by atoms with Gasteiger partial charge in [0, 0.05) is 43.6 Å². The highest BCUT2D eigenvalue weighted by molar-refractivity contribution is 6.04. The van der Waals surface area contributed by atoms with Gasteiger partial charge >= 0.3 is 0 Å². The summed E-state index contributed by atoms with van der Waals surface area (Å²) in [5, 5.41) is 6.30. The first-order valence-electron chi connectivity index (χ1n) is 9.25. The van der Waals surface area contributed by atoms with Crippen LogP contribution in [0, 0.1) is 0 Å². The largest absolute Gasteiger partial charge is 0.399 e. The van der Waals surface area contributed by atoms with Gasteiger partial charge in [-0.15, -0.1) is 0 Å². The van der Waals surface area contributed by atoms with Gasteiger partial charge in [0.05, 0.1) is 23.3 Å². The van der Waals surface area contributed by atoms with E-state index in [9.17, 15) is 4.79 Å². The molecular weight excluding hydrogens is 352 g/mol. The van der Waals surface area contributed by atoms with Crippen LogP contribution < -0.4 is 21.3 Å². The number of carbonyl (C=O) groups is 1. The Morgan fingerprint density at radius 1 is 1.11 bits per heavy atom. The number of benzene rings is 1. The van der Waals surface area contributed by atoms with Crippen molar-refractivity contribution >= 4 is 23.0 Å². The summed E-state index contributed by atoms with van der Waals surface area (Å²) < 4.78 is 0. The standard InChI is InChI=1S/C21H22N6O/c22-16-4-1-3-15(13-16)17-5-2-6-18(25-17)21(28)26-19-14-24-8-7-20(19)27-11-9-23-10-12-27/h1-8,13-14,23H,9-12,22H2,(H,26,28). The van der Waals surface area contributed by atoms with Gasteiger partial charge in [-0.2, -0.15) is 0 Å². The van der Waals surface area contributed by atoms with Gasteiger partial charge in [0.25, 0.3) is 5.91 Å². The normalized spacial score (nSPS) is 13.9. The molecule has 1 aliphatic heterocycles. The molecule has 0 atom stereocenters. The van der Waals surface area contributed by atoms with E-state index >= 15 is 0 Å². The van der Waals surface area contributed by atoms with Crippen LogP contribution in [0.4, 0.5) is 17.1 Å². The van der Waals surface area contributed by atoms with Crippen molar-refractivity contribution in [2.24, 2.45) is 0 Å². The Hall–Kier alpha value is -3.45. The molecule has 0 spiro atoms. The minimum atomic E-state index is -0.268. The summed E-state index contributed by atoms with van der Waals surface area (Å²) in [6.07, 6.45) is 3.42. The molecule has 0 aliphatic carbocycles. The quantitative estimate of drug-likeness (QED) is 0.607. The van der Waals surface area contributed by atoms with E-state index in [1.54, 1.807) is 18.5 Å². The summed E-state index contributed by atoms with van der Waals surface area (Å²) in [4.78, 5) is 23.8. The van der Waals surface area contributed by atoms with Crippen molar-refractivity contribution < 1.29 is 4.79 Å². The lowest BCUT2D eigenvalue weighted by molar-refractivity contribution is 0.102. The zero-order valence-electron chi connectivity index (χ0n) is 15.4. The maximum Gasteiger partial charge on any atom is 0.274 e. The van der Waals surface area contributed by atoms with Crippen LogP contribution in [0.15, 0.2) is 60.9 Å². The van der Waals surface area contributed by atoms with E-state index < -0.39 is 0 Å². The molecule has 142 valence electrons. The third-order valence-electron chi connectivity index (χ3n) is 4.67. The summed E-state index contributed by atoms with van der Waals surface area (Å²) in [7, 11) is 0. The molecule has 3 aromatic rings. The SMILES string of the molecule is Nc1cccc(-c2cccc(C(=O)Nc3cnccc3N3CCNCC3)n2)c1. The molecule has 7 nitrogen and oxygen atoms in total. The van der Waals surface area contributed by atoms with E-state index in [0.717, 1.165) is 37.4 Å². The van der Waals surface area contributed by atoms with Gasteiger partial charge < -0.3 is 21.3 Å². The predicted molar refractivity (Wildman–Crippen MR) is 111 cm³/mol. The van der Waals surface area contributed by atoms with Crippen molar-refractivity contribution in [1.82, 2.24) is 15.3 Å². The van der Waals surface area contributed by atoms with Crippen molar-refractivity contribution in [2.45, 2.75) is 0 Å². The summed E-state index contributed by atoms with van der Waals surface area (Å²) >= 11 is 0. The first-order chi connectivity index (χ1) is 13.7. The van der Waals surface area contributed by atoms with E-state index in [0.29, 0.717) is 22.8 Å². The molecule has 1 saturated heterocycles. The fourth-order valence-corrected chi connectivity index (χ4v) is 3.27. The van der Waals surface area contributed by atoms with Gasteiger partial charge in [-0.25, -0.2) is 4.98 Å². The number of hydrogen-bond donors (Lipinski definition) is 3. The van der Waals surface area contributed by atoms with E-state index in [1.807, 2.05) is 42.5 Å². The molecule has 28 heavy (non-hydrogen) atoms. The van der Waals surface area contributed by atoms with E-state index in [2.05, 4.69) is 25.5 Å². The third-order valence-corrected chi connectivity index (χ3v) is 4.67. The zero-order chi connectivity index (χ0) is 19.3. The molecule has 0 bridgehead atoms. The van der Waals surface area contributed by atoms with Gasteiger partial charge in [0.15, 0.2) is 0 Å². The van der Waals surface area contributed by atoms with Gasteiger partial charge in [0.2, 0.25) is 0 Å². The average molecular weight is 374 g/mol. The number of rotatable bonds is 4. The summed E-state index contributed by atoms with van der Waals surface area (Å²) in [5.74, 6) is -0.268. The van der Waals surface area contributed by atoms with Crippen molar-refractivity contribution in [1.29, 1.82) is 0 Å². The lowest BCUT2D eigenvalue weighted by Crippen LogP contribution is -2.43. The molecule has 1 aromatic carbocycles. The molecule has 0 unspecified atom stereocenters. The van der Waals surface area contributed by atoms with Crippen LogP contribution in [0.3, 0.4) is 0 Å². The van der Waals surface area contributed by atoms with Crippen molar-refractivity contribution in [3.63, 3.8) is 0 Å². The Bertz CT molecular complexity index is 984. The molecule has 2 aromatic heterocycles. The van der Waals surface area contributed by atoms with Gasteiger partial charge in [0.1, 0.15) is 5.69 Å². The first kappa shape index (κ1) is 17.9. The summed E-state index contributed by atoms with van der Waals surface area (Å²) in [5.41, 5.74) is 10.1. The number of carbonyl (C=O) groups excluding carboxylic acids is 1. The molecule has 4 rings (SSSR count). The smallest absolute Gasteiger partial charge is 0.274 e. The molecule has 7 heteroatoms. The number of nitrogen functional groups attached to an aromatic ring is 1. The number of anilines is 3. The fourth-order valence-electron chi connectivity index (χ4n) is 3.27. The van der Waals surface area contributed by atoms with Gasteiger partial charge in [-0.3, -0.25) is 9.78 Å². The number of hydrogen-bond acceptors (Lipinski definition) is 6. The Morgan fingerprint density at radius 3 is 2.75 bits per heavy atom. The highest BCUT2D eigenvalue weighted by Gasteiger charge is 2.17. The van der Waals surface area contributed by atoms with E-state index in [-0.39, 0.29) is 5.91 Å². The second-order valence-corrected chi connectivity index (χ2v) is 6.62. The maximum atomic E-state index is 12.8. The Kier molecular flexibility index (Phi) is 5.16. The minimum Gasteiger partial charge on any atom is -0.399 e. The van der Waals surface area contributed by atoms with Gasteiger partial charge in [-0.05, 0) is 30.3 Å². The highest BCUT2D eigenvalue weighted by atomic mass is 16.1. The number of amides is 1. The second kappa shape index (κ2) is 8.06. The average Bonchev–Trinajstić information content (AvgIpc) is 2.75. The Morgan fingerprint density at radius 2 is 1.93 bits per heavy atom. The molecule has 1 amide bonds. The second-order valence-electron chi connectivity index (χ2n) is 6.62. The number of nitrogens with zero attached hydrogens (tertiary/aromatic N) is 3. The van der Waals surface area contributed by atoms with Gasteiger partial charge in [-0.1, -0.05) is 18.2 Å². The summed E-state index contributed by atoms with van der Waals surface area (Å²) in [6.45, 7) is 3.60. The molecule has 0 radical (unpaired) electrons.